The molecule has 106 valence electrons. The highest BCUT2D eigenvalue weighted by molar-refractivity contribution is 5.82. The van der Waals surface area contributed by atoms with Crippen LogP contribution in [0.5, 0.6) is 0 Å². The normalized spacial score (nSPS) is 25.7. The molecule has 2 aliphatic rings. The maximum atomic E-state index is 11.6. The van der Waals surface area contributed by atoms with Gasteiger partial charge in [0.05, 0.1) is 0 Å². The van der Waals surface area contributed by atoms with E-state index < -0.39 is 0 Å². The summed E-state index contributed by atoms with van der Waals surface area (Å²) in [5.74, 6) is -0.277. The molecule has 1 saturated carbocycles. The van der Waals surface area contributed by atoms with E-state index in [1.807, 2.05) is 0 Å². The molecule has 2 rings (SSSR count). The molecule has 5 nitrogen and oxygen atoms in total. The van der Waals surface area contributed by atoms with Gasteiger partial charge in [-0.1, -0.05) is 6.08 Å². The van der Waals surface area contributed by atoms with Crippen molar-refractivity contribution in [1.82, 2.24) is 5.32 Å². The largest absolute Gasteiger partial charge is 0.459 e. The first-order chi connectivity index (χ1) is 9.15. The molecular weight excluding hydrogens is 244 g/mol. The van der Waals surface area contributed by atoms with Crippen molar-refractivity contribution in [3.05, 3.63) is 12.2 Å². The zero-order chi connectivity index (χ0) is 13.7. The SMILES string of the molecule is N[C@H](/C=C/C(=O)OC1CCCC1)C[C@@H]1CCNC1=O. The number of hydrogen-bond donors (Lipinski definition) is 2. The first kappa shape index (κ1) is 14.1. The molecule has 1 aliphatic carbocycles. The number of amides is 1. The van der Waals surface area contributed by atoms with Crippen molar-refractivity contribution < 1.29 is 14.3 Å². The molecule has 0 bridgehead atoms. The van der Waals surface area contributed by atoms with E-state index in [-0.39, 0.29) is 29.9 Å². The van der Waals surface area contributed by atoms with Crippen molar-refractivity contribution >= 4 is 11.9 Å². The van der Waals surface area contributed by atoms with E-state index in [1.165, 1.54) is 6.08 Å². The topological polar surface area (TPSA) is 81.4 Å². The molecule has 3 N–H and O–H groups in total. The van der Waals surface area contributed by atoms with Crippen molar-refractivity contribution in [3.8, 4) is 0 Å². The van der Waals surface area contributed by atoms with Gasteiger partial charge in [0, 0.05) is 24.6 Å². The molecule has 1 aliphatic heterocycles. The van der Waals surface area contributed by atoms with Crippen LogP contribution >= 0.6 is 0 Å². The lowest BCUT2D eigenvalue weighted by molar-refractivity contribution is -0.142. The molecule has 0 aromatic heterocycles. The van der Waals surface area contributed by atoms with Crippen LogP contribution in [0.4, 0.5) is 0 Å². The van der Waals surface area contributed by atoms with Gasteiger partial charge in [-0.3, -0.25) is 4.79 Å². The molecule has 5 heteroatoms. The Hall–Kier alpha value is -1.36. The maximum absolute atomic E-state index is 11.6. The lowest BCUT2D eigenvalue weighted by atomic mass is 9.99. The maximum Gasteiger partial charge on any atom is 0.330 e. The highest BCUT2D eigenvalue weighted by Gasteiger charge is 2.25. The number of carbonyl (C=O) groups excluding carboxylic acids is 2. The van der Waals surface area contributed by atoms with E-state index in [1.54, 1.807) is 6.08 Å². The fraction of sp³-hybridized carbons (Fsp3) is 0.714. The molecule has 1 heterocycles. The predicted molar refractivity (Wildman–Crippen MR) is 71.2 cm³/mol. The minimum atomic E-state index is -0.321. The highest BCUT2D eigenvalue weighted by atomic mass is 16.5. The van der Waals surface area contributed by atoms with E-state index in [9.17, 15) is 9.59 Å². The zero-order valence-electron chi connectivity index (χ0n) is 11.1. The van der Waals surface area contributed by atoms with E-state index in [4.69, 9.17) is 10.5 Å². The van der Waals surface area contributed by atoms with Gasteiger partial charge in [-0.15, -0.1) is 0 Å². The lowest BCUT2D eigenvalue weighted by Gasteiger charge is -2.11. The number of rotatable bonds is 5. The van der Waals surface area contributed by atoms with E-state index in [0.29, 0.717) is 6.42 Å². The third-order valence-electron chi connectivity index (χ3n) is 3.78. The Kier molecular flexibility index (Phi) is 4.96. The Morgan fingerprint density at radius 1 is 1.42 bits per heavy atom. The summed E-state index contributed by atoms with van der Waals surface area (Å²) in [4.78, 5) is 23.0. The number of esters is 1. The molecule has 0 aromatic carbocycles. The average molecular weight is 266 g/mol. The summed E-state index contributed by atoms with van der Waals surface area (Å²) >= 11 is 0. The Balaban J connectivity index is 1.71. The van der Waals surface area contributed by atoms with E-state index in [0.717, 1.165) is 38.6 Å². The molecular formula is C14H22N2O3. The van der Waals surface area contributed by atoms with Crippen LogP contribution in [0.25, 0.3) is 0 Å². The summed E-state index contributed by atoms with van der Waals surface area (Å²) < 4.78 is 5.29. The Bertz CT molecular complexity index is 362. The first-order valence-corrected chi connectivity index (χ1v) is 7.07. The van der Waals surface area contributed by atoms with Crippen LogP contribution in [-0.4, -0.2) is 30.6 Å². The lowest BCUT2D eigenvalue weighted by Crippen LogP contribution is -2.26. The van der Waals surface area contributed by atoms with Gasteiger partial charge < -0.3 is 15.8 Å². The van der Waals surface area contributed by atoms with Gasteiger partial charge in [-0.05, 0) is 38.5 Å². The van der Waals surface area contributed by atoms with Crippen molar-refractivity contribution in [1.29, 1.82) is 0 Å². The third-order valence-corrected chi connectivity index (χ3v) is 3.78. The smallest absolute Gasteiger partial charge is 0.330 e. The fourth-order valence-corrected chi connectivity index (χ4v) is 2.69. The molecule has 2 fully saturated rings. The van der Waals surface area contributed by atoms with Gasteiger partial charge in [0.25, 0.3) is 0 Å². The average Bonchev–Trinajstić information content (AvgIpc) is 3.00. The van der Waals surface area contributed by atoms with Gasteiger partial charge in [0.1, 0.15) is 6.10 Å². The zero-order valence-corrected chi connectivity index (χ0v) is 11.1. The summed E-state index contributed by atoms with van der Waals surface area (Å²) in [6.45, 7) is 0.726. The molecule has 2 atom stereocenters. The Morgan fingerprint density at radius 3 is 2.79 bits per heavy atom. The summed E-state index contributed by atoms with van der Waals surface area (Å²) in [5, 5.41) is 2.78. The molecule has 1 saturated heterocycles. The predicted octanol–water partition coefficient (Wildman–Crippen LogP) is 0.882. The summed E-state index contributed by atoms with van der Waals surface area (Å²) in [5.41, 5.74) is 5.90. The molecule has 0 unspecified atom stereocenters. The second-order valence-corrected chi connectivity index (χ2v) is 5.38. The standard InChI is InChI=1S/C14H22N2O3/c15-11(9-10-7-8-16-14(10)18)5-6-13(17)19-12-3-1-2-4-12/h5-6,10-12H,1-4,7-9,15H2,(H,16,18)/b6-5+/t10-,11+/m0/s1. The van der Waals surface area contributed by atoms with Gasteiger partial charge in [-0.25, -0.2) is 4.79 Å². The number of carbonyl (C=O) groups is 2. The van der Waals surface area contributed by atoms with Crippen LogP contribution in [0.15, 0.2) is 12.2 Å². The third kappa shape index (κ3) is 4.35. The molecule has 0 spiro atoms. The number of hydrogen-bond acceptors (Lipinski definition) is 4. The van der Waals surface area contributed by atoms with Crippen molar-refractivity contribution in [2.24, 2.45) is 11.7 Å². The Morgan fingerprint density at radius 2 is 2.16 bits per heavy atom. The Labute approximate surface area is 113 Å². The van der Waals surface area contributed by atoms with Gasteiger partial charge in [0.15, 0.2) is 0 Å². The fourth-order valence-electron chi connectivity index (χ4n) is 2.69. The van der Waals surface area contributed by atoms with Gasteiger partial charge in [-0.2, -0.15) is 0 Å². The second-order valence-electron chi connectivity index (χ2n) is 5.38. The van der Waals surface area contributed by atoms with Crippen LogP contribution in [-0.2, 0) is 14.3 Å². The second kappa shape index (κ2) is 6.70. The van der Waals surface area contributed by atoms with Crippen LogP contribution in [0.1, 0.15) is 38.5 Å². The van der Waals surface area contributed by atoms with Gasteiger partial charge >= 0.3 is 5.97 Å². The minimum absolute atomic E-state index is 0.0227. The number of nitrogens with two attached hydrogens (primary N) is 1. The molecule has 0 aromatic rings. The van der Waals surface area contributed by atoms with Crippen LogP contribution < -0.4 is 11.1 Å². The summed E-state index contributed by atoms with van der Waals surface area (Å²) in [6, 6.07) is -0.273. The summed E-state index contributed by atoms with van der Waals surface area (Å²) in [6.07, 6.45) is 8.73. The highest BCUT2D eigenvalue weighted by Crippen LogP contribution is 2.21. The van der Waals surface area contributed by atoms with Crippen LogP contribution in [0, 0.1) is 5.92 Å². The van der Waals surface area contributed by atoms with Crippen molar-refractivity contribution in [3.63, 3.8) is 0 Å². The van der Waals surface area contributed by atoms with Crippen molar-refractivity contribution in [2.45, 2.75) is 50.7 Å². The quantitative estimate of drug-likeness (QED) is 0.572. The summed E-state index contributed by atoms with van der Waals surface area (Å²) in [7, 11) is 0. The van der Waals surface area contributed by atoms with E-state index >= 15 is 0 Å². The number of nitrogens with one attached hydrogen (secondary N) is 1. The van der Waals surface area contributed by atoms with Crippen molar-refractivity contribution in [2.75, 3.05) is 6.54 Å². The first-order valence-electron chi connectivity index (χ1n) is 7.07. The molecule has 0 radical (unpaired) electrons. The van der Waals surface area contributed by atoms with E-state index in [2.05, 4.69) is 5.32 Å². The number of ether oxygens (including phenoxy) is 1. The molecule has 19 heavy (non-hydrogen) atoms. The minimum Gasteiger partial charge on any atom is -0.459 e. The van der Waals surface area contributed by atoms with Crippen LogP contribution in [0.3, 0.4) is 0 Å². The molecule has 1 amide bonds. The van der Waals surface area contributed by atoms with Crippen LogP contribution in [0.2, 0.25) is 0 Å². The van der Waals surface area contributed by atoms with Gasteiger partial charge in [0.2, 0.25) is 5.91 Å². The monoisotopic (exact) mass is 266 g/mol.